The van der Waals surface area contributed by atoms with E-state index in [4.69, 9.17) is 4.74 Å². The maximum absolute atomic E-state index is 12.5. The number of hydrogen-bond acceptors (Lipinski definition) is 3. The number of ether oxygens (including phenoxy) is 1. The van der Waals surface area contributed by atoms with Gasteiger partial charge in [-0.1, -0.05) is 56.5 Å². The van der Waals surface area contributed by atoms with Crippen LogP contribution in [0, 0.1) is 0 Å². The van der Waals surface area contributed by atoms with Gasteiger partial charge in [-0.05, 0) is 66.9 Å². The van der Waals surface area contributed by atoms with Crippen LogP contribution in [0.1, 0.15) is 54.9 Å². The Labute approximate surface area is 196 Å². The SMILES string of the molecule is CCCCCCOc1ccc(C(=O)Nc2ccc(NC(=O)CCc3ccccc3)cc2)cc1. The van der Waals surface area contributed by atoms with Gasteiger partial charge in [0.2, 0.25) is 5.91 Å². The first-order valence-electron chi connectivity index (χ1n) is 11.6. The molecule has 5 heteroatoms. The minimum Gasteiger partial charge on any atom is -0.494 e. The Hall–Kier alpha value is -3.60. The predicted molar refractivity (Wildman–Crippen MR) is 134 cm³/mol. The van der Waals surface area contributed by atoms with Crippen LogP contribution in [-0.4, -0.2) is 18.4 Å². The van der Waals surface area contributed by atoms with Crippen molar-refractivity contribution in [3.8, 4) is 5.75 Å². The summed E-state index contributed by atoms with van der Waals surface area (Å²) < 4.78 is 5.73. The number of rotatable bonds is 12. The van der Waals surface area contributed by atoms with E-state index in [1.54, 1.807) is 36.4 Å². The summed E-state index contributed by atoms with van der Waals surface area (Å²) in [5.41, 5.74) is 3.06. The van der Waals surface area contributed by atoms with Crippen molar-refractivity contribution in [1.82, 2.24) is 0 Å². The van der Waals surface area contributed by atoms with E-state index >= 15 is 0 Å². The average Bonchev–Trinajstić information content (AvgIpc) is 2.85. The number of hydrogen-bond donors (Lipinski definition) is 2. The van der Waals surface area contributed by atoms with Crippen molar-refractivity contribution < 1.29 is 14.3 Å². The molecule has 5 nitrogen and oxygen atoms in total. The molecule has 0 bridgehead atoms. The normalized spacial score (nSPS) is 10.5. The first kappa shape index (κ1) is 24.1. The molecule has 0 aliphatic heterocycles. The highest BCUT2D eigenvalue weighted by Gasteiger charge is 2.08. The van der Waals surface area contributed by atoms with Crippen molar-refractivity contribution in [3.63, 3.8) is 0 Å². The van der Waals surface area contributed by atoms with Gasteiger partial charge in [0.05, 0.1) is 6.61 Å². The summed E-state index contributed by atoms with van der Waals surface area (Å²) in [6.45, 7) is 2.88. The van der Waals surface area contributed by atoms with Gasteiger partial charge in [-0.15, -0.1) is 0 Å². The van der Waals surface area contributed by atoms with Gasteiger partial charge in [0, 0.05) is 23.4 Å². The molecular formula is C28H32N2O3. The number of benzene rings is 3. The molecular weight excluding hydrogens is 412 g/mol. The minimum atomic E-state index is -0.191. The Morgan fingerprint density at radius 2 is 1.42 bits per heavy atom. The maximum Gasteiger partial charge on any atom is 0.255 e. The highest BCUT2D eigenvalue weighted by molar-refractivity contribution is 6.04. The molecule has 0 unspecified atom stereocenters. The van der Waals surface area contributed by atoms with Gasteiger partial charge in [0.25, 0.3) is 5.91 Å². The van der Waals surface area contributed by atoms with Crippen molar-refractivity contribution in [3.05, 3.63) is 90.0 Å². The van der Waals surface area contributed by atoms with Crippen LogP contribution in [0.5, 0.6) is 5.75 Å². The fourth-order valence-corrected chi connectivity index (χ4v) is 3.39. The van der Waals surface area contributed by atoms with Crippen LogP contribution in [0.4, 0.5) is 11.4 Å². The highest BCUT2D eigenvalue weighted by Crippen LogP contribution is 2.17. The van der Waals surface area contributed by atoms with E-state index in [0.29, 0.717) is 36.4 Å². The average molecular weight is 445 g/mol. The van der Waals surface area contributed by atoms with E-state index in [0.717, 1.165) is 17.7 Å². The van der Waals surface area contributed by atoms with Crippen molar-refractivity contribution >= 4 is 23.2 Å². The third kappa shape index (κ3) is 8.45. The van der Waals surface area contributed by atoms with E-state index in [9.17, 15) is 9.59 Å². The fourth-order valence-electron chi connectivity index (χ4n) is 3.39. The first-order chi connectivity index (χ1) is 16.1. The molecule has 2 amide bonds. The maximum atomic E-state index is 12.5. The number of carbonyl (C=O) groups excluding carboxylic acids is 2. The number of carbonyl (C=O) groups is 2. The van der Waals surface area contributed by atoms with Crippen molar-refractivity contribution in [1.29, 1.82) is 0 Å². The van der Waals surface area contributed by atoms with Crippen LogP contribution in [0.3, 0.4) is 0 Å². The number of nitrogens with one attached hydrogen (secondary N) is 2. The quantitative estimate of drug-likeness (QED) is 0.315. The predicted octanol–water partition coefficient (Wildman–Crippen LogP) is 6.47. The van der Waals surface area contributed by atoms with E-state index in [2.05, 4.69) is 17.6 Å². The van der Waals surface area contributed by atoms with Gasteiger partial charge >= 0.3 is 0 Å². The largest absolute Gasteiger partial charge is 0.494 e. The second-order valence-corrected chi connectivity index (χ2v) is 8.00. The van der Waals surface area contributed by atoms with Crippen molar-refractivity contribution in [2.45, 2.75) is 45.4 Å². The van der Waals surface area contributed by atoms with Gasteiger partial charge in [0.15, 0.2) is 0 Å². The Kier molecular flexibility index (Phi) is 9.52. The Bertz CT molecular complexity index is 1000. The van der Waals surface area contributed by atoms with E-state index < -0.39 is 0 Å². The fraction of sp³-hybridized carbons (Fsp3) is 0.286. The molecule has 0 heterocycles. The summed E-state index contributed by atoms with van der Waals surface area (Å²) in [4.78, 5) is 24.7. The molecule has 3 aromatic carbocycles. The van der Waals surface area contributed by atoms with Crippen LogP contribution in [0.15, 0.2) is 78.9 Å². The summed E-state index contributed by atoms with van der Waals surface area (Å²) in [6.07, 6.45) is 5.76. The van der Waals surface area contributed by atoms with Crippen LogP contribution in [-0.2, 0) is 11.2 Å². The van der Waals surface area contributed by atoms with Crippen LogP contribution >= 0.6 is 0 Å². The van der Waals surface area contributed by atoms with Gasteiger partial charge in [-0.3, -0.25) is 9.59 Å². The third-order valence-corrected chi connectivity index (χ3v) is 5.29. The summed E-state index contributed by atoms with van der Waals surface area (Å²) in [6, 6.07) is 24.2. The smallest absolute Gasteiger partial charge is 0.255 e. The lowest BCUT2D eigenvalue weighted by molar-refractivity contribution is -0.116. The number of aryl methyl sites for hydroxylation is 1. The molecule has 0 radical (unpaired) electrons. The Balaban J connectivity index is 1.43. The van der Waals surface area contributed by atoms with E-state index in [1.165, 1.54) is 19.3 Å². The second-order valence-electron chi connectivity index (χ2n) is 8.00. The molecule has 0 atom stereocenters. The monoisotopic (exact) mass is 444 g/mol. The van der Waals surface area contributed by atoms with E-state index in [-0.39, 0.29) is 11.8 Å². The molecule has 2 N–H and O–H groups in total. The molecule has 172 valence electrons. The van der Waals surface area contributed by atoms with Crippen LogP contribution < -0.4 is 15.4 Å². The lowest BCUT2D eigenvalue weighted by Gasteiger charge is -2.09. The summed E-state index contributed by atoms with van der Waals surface area (Å²) in [5.74, 6) is 0.544. The minimum absolute atomic E-state index is 0.0386. The van der Waals surface area contributed by atoms with Crippen LogP contribution in [0.25, 0.3) is 0 Å². The van der Waals surface area contributed by atoms with Gasteiger partial charge < -0.3 is 15.4 Å². The van der Waals surface area contributed by atoms with Gasteiger partial charge in [-0.2, -0.15) is 0 Å². The van der Waals surface area contributed by atoms with Crippen molar-refractivity contribution in [2.75, 3.05) is 17.2 Å². The third-order valence-electron chi connectivity index (χ3n) is 5.29. The summed E-state index contributed by atoms with van der Waals surface area (Å²) >= 11 is 0. The zero-order chi connectivity index (χ0) is 23.3. The number of amides is 2. The lowest BCUT2D eigenvalue weighted by atomic mass is 10.1. The molecule has 0 spiro atoms. The van der Waals surface area contributed by atoms with E-state index in [1.807, 2.05) is 42.5 Å². The number of unbranched alkanes of at least 4 members (excludes halogenated alkanes) is 3. The molecule has 0 saturated carbocycles. The zero-order valence-electron chi connectivity index (χ0n) is 19.2. The lowest BCUT2D eigenvalue weighted by Crippen LogP contribution is -2.13. The van der Waals surface area contributed by atoms with Crippen molar-refractivity contribution in [2.24, 2.45) is 0 Å². The van der Waals surface area contributed by atoms with Gasteiger partial charge in [-0.25, -0.2) is 0 Å². The molecule has 0 fully saturated rings. The number of anilines is 2. The molecule has 0 aromatic heterocycles. The topological polar surface area (TPSA) is 67.4 Å². The summed E-state index contributed by atoms with van der Waals surface area (Å²) in [5, 5.41) is 5.77. The molecule has 0 aliphatic rings. The van der Waals surface area contributed by atoms with Crippen LogP contribution in [0.2, 0.25) is 0 Å². The Morgan fingerprint density at radius 1 is 0.758 bits per heavy atom. The van der Waals surface area contributed by atoms with Gasteiger partial charge in [0.1, 0.15) is 5.75 Å². The molecule has 33 heavy (non-hydrogen) atoms. The molecule has 0 saturated heterocycles. The molecule has 3 aromatic rings. The standard InChI is InChI=1S/C28H32N2O3/c1-2-3-4-8-21-33-26-18-12-23(13-19-26)28(32)30-25-16-14-24(15-17-25)29-27(31)20-11-22-9-6-5-7-10-22/h5-7,9-10,12-19H,2-4,8,11,20-21H2,1H3,(H,29,31)(H,30,32). The second kappa shape index (κ2) is 13.1. The first-order valence-corrected chi connectivity index (χ1v) is 11.6. The molecule has 3 rings (SSSR count). The summed E-state index contributed by atoms with van der Waals surface area (Å²) in [7, 11) is 0. The Morgan fingerprint density at radius 3 is 2.09 bits per heavy atom. The highest BCUT2D eigenvalue weighted by atomic mass is 16.5. The zero-order valence-corrected chi connectivity index (χ0v) is 19.2. The molecule has 0 aliphatic carbocycles.